The first-order valence-corrected chi connectivity index (χ1v) is 7.42. The summed E-state index contributed by atoms with van der Waals surface area (Å²) in [6.07, 6.45) is 1.56. The zero-order chi connectivity index (χ0) is 17.3. The van der Waals surface area contributed by atoms with Crippen molar-refractivity contribution < 1.29 is 9.90 Å². The van der Waals surface area contributed by atoms with E-state index in [2.05, 4.69) is 20.3 Å². The van der Waals surface area contributed by atoms with E-state index in [1.165, 1.54) is 16.7 Å². The minimum atomic E-state index is -0.324. The molecule has 0 aliphatic rings. The molecule has 0 saturated heterocycles. The number of carbonyl (C=O) groups excluding carboxylic acids is 1. The predicted octanol–water partition coefficient (Wildman–Crippen LogP) is 1.63. The molecule has 0 aliphatic heterocycles. The number of benzene rings is 1. The van der Waals surface area contributed by atoms with Crippen molar-refractivity contribution in [1.82, 2.24) is 19.5 Å². The first-order chi connectivity index (χ1) is 11.5. The maximum atomic E-state index is 12.2. The Morgan fingerprint density at radius 3 is 2.83 bits per heavy atom. The summed E-state index contributed by atoms with van der Waals surface area (Å²) < 4.78 is 1.50. The Morgan fingerprint density at radius 1 is 1.38 bits per heavy atom. The number of rotatable bonds is 5. The van der Waals surface area contributed by atoms with Crippen LogP contribution in [0.3, 0.4) is 0 Å². The highest BCUT2D eigenvalue weighted by molar-refractivity contribution is 5.90. The second-order valence-electron chi connectivity index (χ2n) is 5.81. The highest BCUT2D eigenvalue weighted by atomic mass is 16.3. The zero-order valence-electron chi connectivity index (χ0n) is 13.2. The molecule has 1 aromatic carbocycles. The van der Waals surface area contributed by atoms with E-state index < -0.39 is 0 Å². The normalized spacial score (nSPS) is 11.1. The van der Waals surface area contributed by atoms with E-state index in [1.807, 2.05) is 13.8 Å². The Balaban J connectivity index is 2.28. The molecule has 2 aromatic heterocycles. The lowest BCUT2D eigenvalue weighted by molar-refractivity contribution is 0.475. The van der Waals surface area contributed by atoms with Crippen LogP contribution in [-0.2, 0) is 11.3 Å². The van der Waals surface area contributed by atoms with E-state index in [0.29, 0.717) is 23.3 Å². The van der Waals surface area contributed by atoms with Crippen molar-refractivity contribution in [2.45, 2.75) is 20.4 Å². The second-order valence-corrected chi connectivity index (χ2v) is 5.81. The SMILES string of the molecule is CC(C)Cn1c(=O)[nH]c2c(N[C]=O)nc(-c3cccc(O)c3)nc21. The van der Waals surface area contributed by atoms with Crippen LogP contribution in [0.1, 0.15) is 13.8 Å². The maximum absolute atomic E-state index is 12.2. The number of phenols is 1. The van der Waals surface area contributed by atoms with Crippen molar-refractivity contribution in [2.75, 3.05) is 5.32 Å². The molecular weight excluding hydrogens is 310 g/mol. The van der Waals surface area contributed by atoms with Gasteiger partial charge in [0.2, 0.25) is 0 Å². The minimum absolute atomic E-state index is 0.0706. The maximum Gasteiger partial charge on any atom is 0.327 e. The van der Waals surface area contributed by atoms with E-state index in [-0.39, 0.29) is 29.0 Å². The van der Waals surface area contributed by atoms with Crippen LogP contribution in [0.25, 0.3) is 22.6 Å². The Kier molecular flexibility index (Phi) is 4.03. The smallest absolute Gasteiger partial charge is 0.327 e. The van der Waals surface area contributed by atoms with Gasteiger partial charge in [-0.2, -0.15) is 0 Å². The lowest BCUT2D eigenvalue weighted by atomic mass is 10.2. The number of nitrogens with zero attached hydrogens (tertiary/aromatic N) is 3. The van der Waals surface area contributed by atoms with Crippen molar-refractivity contribution in [1.29, 1.82) is 0 Å². The van der Waals surface area contributed by atoms with Gasteiger partial charge in [-0.1, -0.05) is 26.0 Å². The summed E-state index contributed by atoms with van der Waals surface area (Å²) in [5, 5.41) is 12.0. The molecule has 0 fully saturated rings. The molecule has 0 saturated carbocycles. The Bertz CT molecular complexity index is 958. The van der Waals surface area contributed by atoms with Gasteiger partial charge in [-0.15, -0.1) is 0 Å². The van der Waals surface area contributed by atoms with Gasteiger partial charge in [0.05, 0.1) is 0 Å². The van der Waals surface area contributed by atoms with Crippen molar-refractivity contribution in [2.24, 2.45) is 5.92 Å². The molecule has 0 atom stereocenters. The van der Waals surface area contributed by atoms with Gasteiger partial charge in [-0.3, -0.25) is 9.36 Å². The van der Waals surface area contributed by atoms with Crippen LogP contribution < -0.4 is 11.0 Å². The number of anilines is 1. The van der Waals surface area contributed by atoms with Gasteiger partial charge < -0.3 is 15.4 Å². The van der Waals surface area contributed by atoms with Gasteiger partial charge in [-0.05, 0) is 18.1 Å². The molecule has 24 heavy (non-hydrogen) atoms. The van der Waals surface area contributed by atoms with Crippen LogP contribution in [0, 0.1) is 5.92 Å². The van der Waals surface area contributed by atoms with E-state index in [4.69, 9.17) is 0 Å². The fraction of sp³-hybridized carbons (Fsp3) is 0.250. The zero-order valence-corrected chi connectivity index (χ0v) is 13.2. The van der Waals surface area contributed by atoms with Crippen LogP contribution in [0.15, 0.2) is 29.1 Å². The van der Waals surface area contributed by atoms with Crippen molar-refractivity contribution >= 4 is 23.4 Å². The van der Waals surface area contributed by atoms with Crippen molar-refractivity contribution in [3.63, 3.8) is 0 Å². The number of aromatic amines is 1. The third kappa shape index (κ3) is 2.85. The summed E-state index contributed by atoms with van der Waals surface area (Å²) in [5.41, 5.74) is 0.971. The monoisotopic (exact) mass is 326 g/mol. The first-order valence-electron chi connectivity index (χ1n) is 7.42. The molecule has 3 rings (SSSR count). The highest BCUT2D eigenvalue weighted by Crippen LogP contribution is 2.25. The third-order valence-corrected chi connectivity index (χ3v) is 3.44. The first kappa shape index (κ1) is 15.7. The number of imidazole rings is 1. The van der Waals surface area contributed by atoms with Gasteiger partial charge in [-0.25, -0.2) is 14.8 Å². The number of fused-ring (bicyclic) bond motifs is 1. The summed E-state index contributed by atoms with van der Waals surface area (Å²) >= 11 is 0. The number of aromatic hydroxyl groups is 1. The fourth-order valence-electron chi connectivity index (χ4n) is 2.48. The lowest BCUT2D eigenvalue weighted by Crippen LogP contribution is -2.19. The number of hydrogen-bond acceptors (Lipinski definition) is 5. The molecule has 2 heterocycles. The van der Waals surface area contributed by atoms with E-state index in [0.717, 1.165) is 0 Å². The molecule has 0 unspecified atom stereocenters. The van der Waals surface area contributed by atoms with Gasteiger partial charge in [0, 0.05) is 12.1 Å². The molecule has 3 N–H and O–H groups in total. The summed E-state index contributed by atoms with van der Waals surface area (Å²) in [6.45, 7) is 4.45. The molecule has 0 spiro atoms. The molecular formula is C16H16N5O3. The van der Waals surface area contributed by atoms with Crippen molar-refractivity contribution in [3.8, 4) is 17.1 Å². The molecule has 0 bridgehead atoms. The van der Waals surface area contributed by atoms with E-state index >= 15 is 0 Å². The standard InChI is InChI=1S/C16H16N5O3/c1-9(2)7-21-15-12(18-16(21)24)14(17-8-22)19-13(20-15)10-4-3-5-11(23)6-10/h3-6,9,23H,7H2,1-2H3,(H,18,24)(H,17,19,20,22). The molecule has 123 valence electrons. The third-order valence-electron chi connectivity index (χ3n) is 3.44. The molecule has 1 radical (unpaired) electrons. The van der Waals surface area contributed by atoms with E-state index in [1.54, 1.807) is 18.5 Å². The highest BCUT2D eigenvalue weighted by Gasteiger charge is 2.17. The number of nitrogens with one attached hydrogen (secondary N) is 2. The van der Waals surface area contributed by atoms with Gasteiger partial charge in [0.25, 0.3) is 0 Å². The molecule has 1 amide bonds. The minimum Gasteiger partial charge on any atom is -0.508 e. The van der Waals surface area contributed by atoms with E-state index in [9.17, 15) is 14.7 Å². The number of phenolic OH excluding ortho intramolecular Hbond substituents is 1. The van der Waals surface area contributed by atoms with Crippen molar-refractivity contribution in [3.05, 3.63) is 34.7 Å². The average molecular weight is 326 g/mol. The Labute approximate surface area is 137 Å². The largest absolute Gasteiger partial charge is 0.508 e. The predicted molar refractivity (Wildman–Crippen MR) is 89.4 cm³/mol. The van der Waals surface area contributed by atoms with Gasteiger partial charge in [0.1, 0.15) is 11.3 Å². The second kappa shape index (κ2) is 6.15. The van der Waals surface area contributed by atoms with Crippen LogP contribution in [0.2, 0.25) is 0 Å². The summed E-state index contributed by atoms with van der Waals surface area (Å²) in [5.74, 6) is 0.747. The Morgan fingerprint density at radius 2 is 2.17 bits per heavy atom. The number of H-pyrrole nitrogens is 1. The molecule has 0 aliphatic carbocycles. The van der Waals surface area contributed by atoms with Gasteiger partial charge >= 0.3 is 12.1 Å². The summed E-state index contributed by atoms with van der Waals surface area (Å²) in [7, 11) is 0. The number of amides is 1. The number of aromatic nitrogens is 4. The lowest BCUT2D eigenvalue weighted by Gasteiger charge is -2.08. The molecule has 8 heteroatoms. The summed E-state index contributed by atoms with van der Waals surface area (Å²) in [4.78, 5) is 34.3. The quantitative estimate of drug-likeness (QED) is 0.617. The molecule has 3 aromatic rings. The van der Waals surface area contributed by atoms with Crippen LogP contribution in [0.5, 0.6) is 5.75 Å². The summed E-state index contributed by atoms with van der Waals surface area (Å²) in [6, 6.07) is 6.43. The number of hydrogen-bond donors (Lipinski definition) is 3. The van der Waals surface area contributed by atoms with Crippen LogP contribution in [-0.4, -0.2) is 31.0 Å². The average Bonchev–Trinajstić information content (AvgIpc) is 2.84. The topological polar surface area (TPSA) is 113 Å². The van der Waals surface area contributed by atoms with Gasteiger partial charge in [0.15, 0.2) is 17.3 Å². The molecule has 8 nitrogen and oxygen atoms in total. The van der Waals surface area contributed by atoms with Crippen LogP contribution in [0.4, 0.5) is 5.82 Å². The van der Waals surface area contributed by atoms with Crippen LogP contribution >= 0.6 is 0 Å². The Hall–Kier alpha value is -3.16. The fourth-order valence-corrected chi connectivity index (χ4v) is 2.48.